The summed E-state index contributed by atoms with van der Waals surface area (Å²) in [7, 11) is 0. The first-order chi connectivity index (χ1) is 16.1. The number of urea groups is 1. The molecule has 3 aromatic heterocycles. The Kier molecular flexibility index (Phi) is 7.89. The average Bonchev–Trinajstić information content (AvgIpc) is 3.49. The Balaban J connectivity index is 1.39. The van der Waals surface area contributed by atoms with Crippen molar-refractivity contribution in [2.75, 3.05) is 55.8 Å². The summed E-state index contributed by atoms with van der Waals surface area (Å²) in [5, 5.41) is 13.1. The van der Waals surface area contributed by atoms with E-state index in [9.17, 15) is 9.59 Å². The summed E-state index contributed by atoms with van der Waals surface area (Å²) < 4.78 is 5.41. The lowest BCUT2D eigenvalue weighted by Gasteiger charge is -2.30. The summed E-state index contributed by atoms with van der Waals surface area (Å²) in [6.45, 7) is 4.86. The van der Waals surface area contributed by atoms with Crippen LogP contribution < -0.4 is 16.4 Å². The molecule has 0 aliphatic carbocycles. The zero-order valence-corrected chi connectivity index (χ0v) is 19.7. The number of aromatic nitrogens is 1. The van der Waals surface area contributed by atoms with Gasteiger partial charge in [-0.3, -0.25) is 14.7 Å². The van der Waals surface area contributed by atoms with Gasteiger partial charge < -0.3 is 26.0 Å². The van der Waals surface area contributed by atoms with E-state index in [2.05, 4.69) is 20.5 Å². The van der Waals surface area contributed by atoms with Crippen LogP contribution >= 0.6 is 22.7 Å². The summed E-state index contributed by atoms with van der Waals surface area (Å²) in [4.78, 5) is 33.7. The number of amides is 3. The second-order valence-corrected chi connectivity index (χ2v) is 9.09. The fourth-order valence-corrected chi connectivity index (χ4v) is 4.61. The zero-order chi connectivity index (χ0) is 23.0. The number of hydrogen-bond donors (Lipinski definition) is 3. The molecule has 4 heterocycles. The van der Waals surface area contributed by atoms with E-state index in [1.165, 1.54) is 22.7 Å². The van der Waals surface area contributed by atoms with Crippen molar-refractivity contribution in [3.05, 3.63) is 57.2 Å². The zero-order valence-electron chi connectivity index (χ0n) is 18.0. The van der Waals surface area contributed by atoms with Gasteiger partial charge in [0, 0.05) is 55.1 Å². The van der Waals surface area contributed by atoms with Gasteiger partial charge in [-0.15, -0.1) is 11.3 Å². The minimum atomic E-state index is -0.328. The van der Waals surface area contributed by atoms with E-state index in [-0.39, 0.29) is 17.6 Å². The van der Waals surface area contributed by atoms with Crippen molar-refractivity contribution in [2.45, 2.75) is 6.54 Å². The number of rotatable bonds is 8. The van der Waals surface area contributed by atoms with Crippen molar-refractivity contribution in [2.24, 2.45) is 0 Å². The van der Waals surface area contributed by atoms with Crippen LogP contribution in [0.2, 0.25) is 0 Å². The maximum absolute atomic E-state index is 13.0. The molecule has 4 rings (SSSR count). The lowest BCUT2D eigenvalue weighted by Crippen LogP contribution is -2.44. The van der Waals surface area contributed by atoms with Crippen LogP contribution in [-0.2, 0) is 11.3 Å². The molecular weight excluding hydrogens is 460 g/mol. The van der Waals surface area contributed by atoms with Crippen molar-refractivity contribution in [1.29, 1.82) is 0 Å². The SMILES string of the molecule is Nc1cscc1NC(=O)c1ccc(CN(CCN2CCOCC2)C(=O)Nc2ccsc2)cn1. The molecule has 3 aromatic rings. The molecule has 0 unspecified atom stereocenters. The number of anilines is 3. The van der Waals surface area contributed by atoms with E-state index in [4.69, 9.17) is 10.5 Å². The quantitative estimate of drug-likeness (QED) is 0.450. The summed E-state index contributed by atoms with van der Waals surface area (Å²) in [5.41, 5.74) is 8.83. The highest BCUT2D eigenvalue weighted by molar-refractivity contribution is 7.09. The Morgan fingerprint density at radius 3 is 2.64 bits per heavy atom. The first-order valence-corrected chi connectivity index (χ1v) is 12.4. The number of pyridine rings is 1. The molecule has 0 bridgehead atoms. The van der Waals surface area contributed by atoms with Crippen LogP contribution in [0, 0.1) is 0 Å². The maximum atomic E-state index is 13.0. The number of ether oxygens (including phenoxy) is 1. The van der Waals surface area contributed by atoms with Gasteiger partial charge in [0.05, 0.1) is 30.3 Å². The summed E-state index contributed by atoms with van der Waals surface area (Å²) in [6, 6.07) is 5.18. The van der Waals surface area contributed by atoms with Gasteiger partial charge in [-0.05, 0) is 23.1 Å². The molecule has 174 valence electrons. The van der Waals surface area contributed by atoms with Gasteiger partial charge in [0.15, 0.2) is 0 Å². The predicted molar refractivity (Wildman–Crippen MR) is 132 cm³/mol. The predicted octanol–water partition coefficient (Wildman–Crippen LogP) is 3.41. The first-order valence-electron chi connectivity index (χ1n) is 10.5. The Morgan fingerprint density at radius 2 is 1.97 bits per heavy atom. The highest BCUT2D eigenvalue weighted by Crippen LogP contribution is 2.23. The van der Waals surface area contributed by atoms with Gasteiger partial charge in [0.2, 0.25) is 0 Å². The lowest BCUT2D eigenvalue weighted by atomic mass is 10.2. The Hall–Kier alpha value is -2.99. The normalized spacial score (nSPS) is 14.1. The summed E-state index contributed by atoms with van der Waals surface area (Å²) in [6.07, 6.45) is 1.63. The van der Waals surface area contributed by atoms with Crippen molar-refractivity contribution in [1.82, 2.24) is 14.8 Å². The van der Waals surface area contributed by atoms with Crippen LogP contribution in [-0.4, -0.2) is 66.1 Å². The van der Waals surface area contributed by atoms with Crippen LogP contribution in [0.1, 0.15) is 16.1 Å². The number of nitrogens with one attached hydrogen (secondary N) is 2. The molecule has 9 nitrogen and oxygen atoms in total. The van der Waals surface area contributed by atoms with Crippen LogP contribution in [0.25, 0.3) is 0 Å². The number of thiophene rings is 2. The lowest BCUT2D eigenvalue weighted by molar-refractivity contribution is 0.0349. The maximum Gasteiger partial charge on any atom is 0.322 e. The monoisotopic (exact) mass is 486 g/mol. The number of morpholine rings is 1. The summed E-state index contributed by atoms with van der Waals surface area (Å²) in [5.74, 6) is -0.328. The smallest absolute Gasteiger partial charge is 0.322 e. The van der Waals surface area contributed by atoms with E-state index < -0.39 is 0 Å². The Morgan fingerprint density at radius 1 is 1.12 bits per heavy atom. The number of carbonyl (C=O) groups is 2. The minimum Gasteiger partial charge on any atom is -0.396 e. The number of nitrogens with two attached hydrogens (primary N) is 1. The topological polar surface area (TPSA) is 113 Å². The third-order valence-corrected chi connectivity index (χ3v) is 6.67. The van der Waals surface area contributed by atoms with Crippen LogP contribution in [0.4, 0.5) is 21.9 Å². The van der Waals surface area contributed by atoms with E-state index in [0.717, 1.165) is 30.9 Å². The highest BCUT2D eigenvalue weighted by Gasteiger charge is 2.18. The molecule has 0 saturated carbocycles. The molecule has 1 aliphatic heterocycles. The third-order valence-electron chi connectivity index (χ3n) is 5.22. The second-order valence-electron chi connectivity index (χ2n) is 7.56. The third kappa shape index (κ3) is 6.51. The van der Waals surface area contributed by atoms with Gasteiger partial charge in [-0.25, -0.2) is 4.79 Å². The van der Waals surface area contributed by atoms with Crippen LogP contribution in [0.5, 0.6) is 0 Å². The van der Waals surface area contributed by atoms with Gasteiger partial charge in [-0.1, -0.05) is 6.07 Å². The number of carbonyl (C=O) groups excluding carboxylic acids is 2. The molecule has 0 aromatic carbocycles. The van der Waals surface area contributed by atoms with Gasteiger partial charge in [-0.2, -0.15) is 11.3 Å². The Labute approximate surface area is 200 Å². The molecule has 1 fully saturated rings. The van der Waals surface area contributed by atoms with Gasteiger partial charge >= 0.3 is 6.03 Å². The van der Waals surface area contributed by atoms with Crippen LogP contribution in [0.15, 0.2) is 45.9 Å². The van der Waals surface area contributed by atoms with E-state index in [1.807, 2.05) is 22.9 Å². The molecular formula is C22H26N6O3S2. The molecule has 0 spiro atoms. The number of nitrogen functional groups attached to an aromatic ring is 1. The van der Waals surface area contributed by atoms with Crippen molar-refractivity contribution in [3.8, 4) is 0 Å². The number of nitrogens with zero attached hydrogens (tertiary/aromatic N) is 3. The molecule has 0 radical (unpaired) electrons. The van der Waals surface area contributed by atoms with Crippen molar-refractivity contribution in [3.63, 3.8) is 0 Å². The minimum absolute atomic E-state index is 0.170. The molecule has 0 atom stereocenters. The van der Waals surface area contributed by atoms with Gasteiger partial charge in [0.1, 0.15) is 5.69 Å². The number of hydrogen-bond acceptors (Lipinski definition) is 8. The second kappa shape index (κ2) is 11.2. The Bertz CT molecular complexity index is 1050. The average molecular weight is 487 g/mol. The molecule has 3 amide bonds. The van der Waals surface area contributed by atoms with Crippen molar-refractivity contribution < 1.29 is 14.3 Å². The molecule has 1 aliphatic rings. The van der Waals surface area contributed by atoms with Crippen LogP contribution in [0.3, 0.4) is 0 Å². The highest BCUT2D eigenvalue weighted by atomic mass is 32.1. The summed E-state index contributed by atoms with van der Waals surface area (Å²) >= 11 is 2.95. The van der Waals surface area contributed by atoms with Gasteiger partial charge in [0.25, 0.3) is 5.91 Å². The molecule has 33 heavy (non-hydrogen) atoms. The van der Waals surface area contributed by atoms with E-state index in [1.54, 1.807) is 27.9 Å². The largest absolute Gasteiger partial charge is 0.396 e. The fraction of sp³-hybridized carbons (Fsp3) is 0.318. The molecule has 11 heteroatoms. The molecule has 4 N–H and O–H groups in total. The standard InChI is InChI=1S/C22H26N6O3S2/c23-18-14-33-15-20(18)26-21(29)19-2-1-16(11-24-19)12-28(5-4-27-6-8-31-9-7-27)22(30)25-17-3-10-32-13-17/h1-3,10-11,13-15H,4-9,12,23H2,(H,25,30)(H,26,29). The first kappa shape index (κ1) is 23.2. The van der Waals surface area contributed by atoms with E-state index >= 15 is 0 Å². The van der Waals surface area contributed by atoms with Crippen molar-refractivity contribution >= 4 is 51.7 Å². The van der Waals surface area contributed by atoms with E-state index in [0.29, 0.717) is 37.7 Å². The molecule has 1 saturated heterocycles. The fourth-order valence-electron chi connectivity index (χ4n) is 3.35.